The van der Waals surface area contributed by atoms with E-state index in [4.69, 9.17) is 0 Å². The van der Waals surface area contributed by atoms with Crippen molar-refractivity contribution in [1.29, 1.82) is 0 Å². The maximum atomic E-state index is 14.0. The topological polar surface area (TPSA) is 73.8 Å². The molecule has 196 valence electrons. The summed E-state index contributed by atoms with van der Waals surface area (Å²) in [6.45, 7) is 6.31. The minimum atomic E-state index is -3.99. The van der Waals surface area contributed by atoms with Gasteiger partial charge in [0.15, 0.2) is 0 Å². The molecule has 2 saturated heterocycles. The van der Waals surface area contributed by atoms with Crippen molar-refractivity contribution in [1.82, 2.24) is 14.2 Å². The Hall–Kier alpha value is -1.81. The Kier molecular flexibility index (Phi) is 7.44. The molecule has 0 radical (unpaired) electrons. The van der Waals surface area contributed by atoms with Crippen LogP contribution in [-0.2, 0) is 14.8 Å². The zero-order valence-electron chi connectivity index (χ0n) is 21.2. The van der Waals surface area contributed by atoms with Gasteiger partial charge >= 0.3 is 0 Å². The Morgan fingerprint density at radius 3 is 2.51 bits per heavy atom. The maximum absolute atomic E-state index is 14.0. The number of hydrogen-bond donors (Lipinski definition) is 0. The van der Waals surface area contributed by atoms with Gasteiger partial charge in [0, 0.05) is 50.3 Å². The number of hydrogen-bond acceptors (Lipinski definition) is 5. The summed E-state index contributed by atoms with van der Waals surface area (Å²) in [6, 6.07) is 2.62. The van der Waals surface area contributed by atoms with Gasteiger partial charge in [-0.05, 0) is 70.9 Å². The molecule has 2 aliphatic heterocycles. The number of anilines is 1. The van der Waals surface area contributed by atoms with Crippen LogP contribution in [0.2, 0.25) is 0 Å². The van der Waals surface area contributed by atoms with E-state index in [1.807, 2.05) is 6.92 Å². The average molecular weight is 513 g/mol. The first-order chi connectivity index (χ1) is 16.5. The SMILES string of the molecule is CCC1CCC(C)N1c1nc(C)ccc1S(=O)(=O)N1CCC[C@H]1C(=O)N(C)C1CCC(F)(F)CC1. The molecule has 1 amide bonds. The first-order valence-corrected chi connectivity index (χ1v) is 14.3. The predicted octanol–water partition coefficient (Wildman–Crippen LogP) is 4.35. The Morgan fingerprint density at radius 2 is 1.86 bits per heavy atom. The van der Waals surface area contributed by atoms with E-state index >= 15 is 0 Å². The molecule has 3 atom stereocenters. The fourth-order valence-corrected chi connectivity index (χ4v) is 7.77. The quantitative estimate of drug-likeness (QED) is 0.567. The second-order valence-electron chi connectivity index (χ2n) is 10.5. The summed E-state index contributed by atoms with van der Waals surface area (Å²) in [4.78, 5) is 21.9. The van der Waals surface area contributed by atoms with E-state index in [9.17, 15) is 22.0 Å². The molecule has 3 fully saturated rings. The van der Waals surface area contributed by atoms with E-state index in [-0.39, 0.29) is 61.2 Å². The Balaban J connectivity index is 1.62. The molecule has 0 N–H and O–H groups in total. The zero-order valence-corrected chi connectivity index (χ0v) is 22.0. The smallest absolute Gasteiger partial charge is 0.248 e. The number of carbonyl (C=O) groups excluding carboxylic acids is 1. The molecule has 1 aromatic heterocycles. The van der Waals surface area contributed by atoms with Crippen molar-refractivity contribution in [3.63, 3.8) is 0 Å². The Bertz CT molecular complexity index is 1040. The van der Waals surface area contributed by atoms with Crippen LogP contribution in [0, 0.1) is 6.92 Å². The standard InChI is InChI=1S/C25H38F2N4O3S/c1-5-19-10-9-18(3)31(19)23-22(11-8-17(2)28-23)35(33,34)30-16-6-7-21(30)24(32)29(4)20-12-14-25(26,27)15-13-20/h8,11,18-21H,5-7,9-10,12-16H2,1-4H3/t18?,19?,21-/m0/s1. The Morgan fingerprint density at radius 1 is 1.17 bits per heavy atom. The van der Waals surface area contributed by atoms with Gasteiger partial charge in [-0.25, -0.2) is 22.2 Å². The van der Waals surface area contributed by atoms with Gasteiger partial charge in [0.1, 0.15) is 16.8 Å². The number of aromatic nitrogens is 1. The first-order valence-electron chi connectivity index (χ1n) is 12.9. The maximum Gasteiger partial charge on any atom is 0.248 e. The van der Waals surface area contributed by atoms with Crippen LogP contribution in [0.3, 0.4) is 0 Å². The molecule has 3 aliphatic rings. The molecule has 7 nitrogen and oxygen atoms in total. The van der Waals surface area contributed by atoms with Crippen molar-refractivity contribution >= 4 is 21.7 Å². The number of alkyl halides is 2. The number of rotatable bonds is 6. The van der Waals surface area contributed by atoms with Gasteiger partial charge in [0.2, 0.25) is 21.9 Å². The molecule has 2 unspecified atom stereocenters. The number of amides is 1. The number of aryl methyl sites for hydroxylation is 1. The van der Waals surface area contributed by atoms with Gasteiger partial charge in [-0.2, -0.15) is 4.31 Å². The third kappa shape index (κ3) is 5.05. The van der Waals surface area contributed by atoms with Crippen molar-refractivity contribution < 1.29 is 22.0 Å². The van der Waals surface area contributed by atoms with Gasteiger partial charge in [-0.3, -0.25) is 4.79 Å². The fourth-order valence-electron chi connectivity index (χ4n) is 6.00. The molecule has 0 bridgehead atoms. The van der Waals surface area contributed by atoms with Crippen LogP contribution in [0.15, 0.2) is 17.0 Å². The molecule has 35 heavy (non-hydrogen) atoms. The lowest BCUT2D eigenvalue weighted by atomic mass is 9.91. The molecular weight excluding hydrogens is 474 g/mol. The molecule has 3 heterocycles. The average Bonchev–Trinajstić information content (AvgIpc) is 3.45. The second kappa shape index (κ2) is 9.92. The van der Waals surface area contributed by atoms with Gasteiger partial charge < -0.3 is 9.80 Å². The van der Waals surface area contributed by atoms with Crippen molar-refractivity contribution in [3.8, 4) is 0 Å². The summed E-state index contributed by atoms with van der Waals surface area (Å²) in [5.41, 5.74) is 0.746. The third-order valence-corrected chi connectivity index (χ3v) is 10.1. The monoisotopic (exact) mass is 512 g/mol. The highest BCUT2D eigenvalue weighted by molar-refractivity contribution is 7.89. The molecule has 1 aliphatic carbocycles. The van der Waals surface area contributed by atoms with E-state index in [1.54, 1.807) is 19.2 Å². The summed E-state index contributed by atoms with van der Waals surface area (Å²) in [5, 5.41) is 0. The largest absolute Gasteiger partial charge is 0.350 e. The predicted molar refractivity (Wildman–Crippen MR) is 131 cm³/mol. The van der Waals surface area contributed by atoms with E-state index in [2.05, 4.69) is 23.7 Å². The van der Waals surface area contributed by atoms with Crippen molar-refractivity contribution in [2.45, 2.75) is 114 Å². The first kappa shape index (κ1) is 26.3. The number of nitrogens with zero attached hydrogens (tertiary/aromatic N) is 4. The highest BCUT2D eigenvalue weighted by atomic mass is 32.2. The number of halogens is 2. The molecule has 0 spiro atoms. The lowest BCUT2D eigenvalue weighted by Crippen LogP contribution is -2.51. The Labute approximate surface area is 207 Å². The molecule has 0 aromatic carbocycles. The minimum Gasteiger partial charge on any atom is -0.350 e. The summed E-state index contributed by atoms with van der Waals surface area (Å²) in [5.74, 6) is -2.51. The zero-order chi connectivity index (χ0) is 25.5. The van der Waals surface area contributed by atoms with Crippen molar-refractivity contribution in [2.75, 3.05) is 18.5 Å². The van der Waals surface area contributed by atoms with Crippen LogP contribution in [0.25, 0.3) is 0 Å². The van der Waals surface area contributed by atoms with E-state index in [1.165, 1.54) is 9.21 Å². The number of likely N-dealkylation sites (N-methyl/N-ethyl adjacent to an activating group) is 1. The van der Waals surface area contributed by atoms with Crippen LogP contribution in [-0.4, -0.2) is 72.2 Å². The van der Waals surface area contributed by atoms with Crippen LogP contribution in [0.5, 0.6) is 0 Å². The summed E-state index contributed by atoms with van der Waals surface area (Å²) in [6.07, 6.45) is 3.84. The molecular formula is C25H38F2N4O3S. The van der Waals surface area contributed by atoms with Crippen LogP contribution in [0.4, 0.5) is 14.6 Å². The van der Waals surface area contributed by atoms with E-state index in [0.717, 1.165) is 25.0 Å². The summed E-state index contributed by atoms with van der Waals surface area (Å²) >= 11 is 0. The normalized spacial score (nSPS) is 27.9. The number of carbonyl (C=O) groups is 1. The highest BCUT2D eigenvalue weighted by Crippen LogP contribution is 2.39. The lowest BCUT2D eigenvalue weighted by Gasteiger charge is -2.37. The highest BCUT2D eigenvalue weighted by Gasteiger charge is 2.45. The fraction of sp³-hybridized carbons (Fsp3) is 0.760. The summed E-state index contributed by atoms with van der Waals surface area (Å²) < 4.78 is 56.6. The number of pyridine rings is 1. The van der Waals surface area contributed by atoms with Gasteiger partial charge in [0.05, 0.1) is 0 Å². The van der Waals surface area contributed by atoms with Crippen LogP contribution < -0.4 is 4.90 Å². The lowest BCUT2D eigenvalue weighted by molar-refractivity contribution is -0.138. The van der Waals surface area contributed by atoms with Crippen molar-refractivity contribution in [2.24, 2.45) is 0 Å². The van der Waals surface area contributed by atoms with E-state index < -0.39 is 22.0 Å². The second-order valence-corrected chi connectivity index (χ2v) is 12.3. The van der Waals surface area contributed by atoms with Crippen LogP contribution >= 0.6 is 0 Å². The van der Waals surface area contributed by atoms with Crippen LogP contribution in [0.1, 0.15) is 77.3 Å². The third-order valence-electron chi connectivity index (χ3n) is 8.14. The number of sulfonamides is 1. The molecule has 1 saturated carbocycles. The minimum absolute atomic E-state index is 0.148. The van der Waals surface area contributed by atoms with Gasteiger partial charge in [0.25, 0.3) is 0 Å². The molecule has 1 aromatic rings. The van der Waals surface area contributed by atoms with Gasteiger partial charge in [-0.15, -0.1) is 0 Å². The van der Waals surface area contributed by atoms with E-state index in [0.29, 0.717) is 18.7 Å². The van der Waals surface area contributed by atoms with Gasteiger partial charge in [-0.1, -0.05) is 6.92 Å². The summed E-state index contributed by atoms with van der Waals surface area (Å²) in [7, 11) is -2.37. The van der Waals surface area contributed by atoms with Crippen molar-refractivity contribution in [3.05, 3.63) is 17.8 Å². The molecule has 10 heteroatoms. The molecule has 4 rings (SSSR count).